The normalized spacial score (nSPS) is 26.4. The first-order chi connectivity index (χ1) is 17.3. The molecule has 2 saturated heterocycles. The zero-order valence-corrected chi connectivity index (χ0v) is 19.7. The second kappa shape index (κ2) is 8.08. The molecule has 0 aliphatic carbocycles. The van der Waals surface area contributed by atoms with Gasteiger partial charge in [-0.2, -0.15) is 0 Å². The Morgan fingerprint density at radius 2 is 1.67 bits per heavy atom. The van der Waals surface area contributed by atoms with Crippen LogP contribution in [-0.2, 0) is 32.9 Å². The number of halogens is 1. The van der Waals surface area contributed by atoms with Crippen molar-refractivity contribution in [2.45, 2.75) is 24.5 Å². The van der Waals surface area contributed by atoms with E-state index < -0.39 is 29.3 Å². The molecule has 0 saturated carbocycles. The highest BCUT2D eigenvalue weighted by atomic mass is 35.5. The Morgan fingerprint density at radius 1 is 0.917 bits per heavy atom. The van der Waals surface area contributed by atoms with Crippen molar-refractivity contribution in [3.8, 4) is 11.5 Å². The molecule has 3 aliphatic heterocycles. The topological polar surface area (TPSA) is 119 Å². The van der Waals surface area contributed by atoms with Crippen LogP contribution < -0.4 is 10.6 Å². The van der Waals surface area contributed by atoms with E-state index in [4.69, 9.17) is 11.6 Å². The number of rotatable bonds is 4. The van der Waals surface area contributed by atoms with Gasteiger partial charge in [-0.1, -0.05) is 54.1 Å². The average molecular weight is 504 g/mol. The molecule has 8 nitrogen and oxygen atoms in total. The van der Waals surface area contributed by atoms with Crippen LogP contribution >= 0.6 is 11.6 Å². The zero-order chi connectivity index (χ0) is 25.2. The molecule has 2 fully saturated rings. The summed E-state index contributed by atoms with van der Waals surface area (Å²) >= 11 is 6.32. The first-order valence-corrected chi connectivity index (χ1v) is 12.0. The minimum atomic E-state index is -1.41. The van der Waals surface area contributed by atoms with Crippen LogP contribution in [0.4, 0.5) is 5.69 Å². The maximum absolute atomic E-state index is 13.9. The number of benzene rings is 3. The second-order valence-electron chi connectivity index (χ2n) is 9.44. The van der Waals surface area contributed by atoms with E-state index in [0.29, 0.717) is 27.4 Å². The van der Waals surface area contributed by atoms with Crippen molar-refractivity contribution in [3.05, 3.63) is 88.4 Å². The van der Waals surface area contributed by atoms with E-state index in [1.54, 1.807) is 54.6 Å². The van der Waals surface area contributed by atoms with Gasteiger partial charge in [-0.05, 0) is 41.8 Å². The molecule has 3 aromatic carbocycles. The monoisotopic (exact) mass is 503 g/mol. The number of hydrogen-bond donors (Lipinski definition) is 4. The van der Waals surface area contributed by atoms with Gasteiger partial charge in [-0.25, -0.2) is 0 Å². The highest BCUT2D eigenvalue weighted by Gasteiger charge is 2.70. The molecular weight excluding hydrogens is 482 g/mol. The molecule has 3 heterocycles. The molecule has 182 valence electrons. The fourth-order valence-electron chi connectivity index (χ4n) is 5.90. The molecule has 3 aromatic rings. The van der Waals surface area contributed by atoms with Gasteiger partial charge in [0.15, 0.2) is 11.5 Å². The fraction of sp³-hybridized carbons (Fsp3) is 0.222. The van der Waals surface area contributed by atoms with Gasteiger partial charge in [-0.15, -0.1) is 0 Å². The Morgan fingerprint density at radius 3 is 2.44 bits per heavy atom. The molecule has 4 N–H and O–H groups in total. The number of para-hydroxylation sites is 1. The summed E-state index contributed by atoms with van der Waals surface area (Å²) in [5, 5.41) is 26.4. The van der Waals surface area contributed by atoms with Crippen LogP contribution in [0, 0.1) is 11.8 Å². The number of hydrogen-bond acceptors (Lipinski definition) is 6. The van der Waals surface area contributed by atoms with Crippen molar-refractivity contribution < 1.29 is 24.6 Å². The van der Waals surface area contributed by atoms with Gasteiger partial charge in [0, 0.05) is 22.3 Å². The molecule has 9 heteroatoms. The van der Waals surface area contributed by atoms with Crippen LogP contribution in [0.15, 0.2) is 66.7 Å². The lowest BCUT2D eigenvalue weighted by Crippen LogP contribution is -2.53. The molecule has 3 aliphatic rings. The predicted octanol–water partition coefficient (Wildman–Crippen LogP) is 2.91. The molecule has 3 amide bonds. The maximum atomic E-state index is 13.9. The third-order valence-corrected chi connectivity index (χ3v) is 7.86. The molecule has 6 rings (SSSR count). The number of carbonyl (C=O) groups excluding carboxylic acids is 3. The lowest BCUT2D eigenvalue weighted by atomic mass is 9.76. The van der Waals surface area contributed by atoms with Crippen molar-refractivity contribution in [3.63, 3.8) is 0 Å². The summed E-state index contributed by atoms with van der Waals surface area (Å²) in [4.78, 5) is 42.4. The summed E-state index contributed by atoms with van der Waals surface area (Å²) in [6.07, 6.45) is 0.255. The van der Waals surface area contributed by atoms with Crippen LogP contribution in [-0.4, -0.2) is 38.9 Å². The summed E-state index contributed by atoms with van der Waals surface area (Å²) < 4.78 is 0. The Bertz CT molecular complexity index is 1440. The highest BCUT2D eigenvalue weighted by molar-refractivity contribution is 6.31. The van der Waals surface area contributed by atoms with Crippen LogP contribution in [0.3, 0.4) is 0 Å². The molecule has 36 heavy (non-hydrogen) atoms. The lowest BCUT2D eigenvalue weighted by molar-refractivity contribution is -0.143. The third kappa shape index (κ3) is 3.14. The van der Waals surface area contributed by atoms with Crippen molar-refractivity contribution in [2.75, 3.05) is 5.32 Å². The third-order valence-electron chi connectivity index (χ3n) is 7.50. The van der Waals surface area contributed by atoms with E-state index in [2.05, 4.69) is 10.6 Å². The Balaban J connectivity index is 1.44. The van der Waals surface area contributed by atoms with Gasteiger partial charge >= 0.3 is 0 Å². The number of amides is 3. The van der Waals surface area contributed by atoms with Gasteiger partial charge in [0.05, 0.1) is 18.4 Å². The summed E-state index contributed by atoms with van der Waals surface area (Å²) in [5.74, 6) is -3.49. The highest BCUT2D eigenvalue weighted by Crippen LogP contribution is 2.53. The number of anilines is 1. The van der Waals surface area contributed by atoms with E-state index >= 15 is 0 Å². The SMILES string of the molecule is O=C1[C@@H]2[C@H](Cc3ccc(O)c(O)c3)N[C@@]3(C(=O)Nc4ccccc43)[C@@H]2C(=O)N1Cc1ccccc1Cl. The van der Waals surface area contributed by atoms with Crippen LogP contribution in [0.2, 0.25) is 5.02 Å². The standard InChI is InChI=1S/C27H22ClN3O5/c28-17-7-3-1-5-15(17)13-31-24(34)22-19(11-14-9-10-20(32)21(33)12-14)30-27(23(22)25(31)35)16-6-2-4-8-18(16)29-26(27)36/h1-10,12,19,22-23,30,32-33H,11,13H2,(H,29,36)/t19-,22+,23-,27+/m0/s1. The van der Waals surface area contributed by atoms with Gasteiger partial charge in [0.1, 0.15) is 5.54 Å². The number of nitrogens with zero attached hydrogens (tertiary/aromatic N) is 1. The first-order valence-electron chi connectivity index (χ1n) is 11.6. The number of imide groups is 1. The number of aromatic hydroxyl groups is 2. The fourth-order valence-corrected chi connectivity index (χ4v) is 6.09. The van der Waals surface area contributed by atoms with Gasteiger partial charge < -0.3 is 15.5 Å². The minimum Gasteiger partial charge on any atom is -0.504 e. The van der Waals surface area contributed by atoms with Crippen molar-refractivity contribution in [2.24, 2.45) is 11.8 Å². The number of fused-ring (bicyclic) bond motifs is 4. The van der Waals surface area contributed by atoms with Crippen molar-refractivity contribution in [1.82, 2.24) is 10.2 Å². The minimum absolute atomic E-state index is 0.0103. The van der Waals surface area contributed by atoms with Crippen molar-refractivity contribution >= 4 is 35.0 Å². The smallest absolute Gasteiger partial charge is 0.250 e. The molecule has 1 spiro atoms. The lowest BCUT2D eigenvalue weighted by Gasteiger charge is -2.29. The van der Waals surface area contributed by atoms with Gasteiger partial charge in [0.2, 0.25) is 17.7 Å². The maximum Gasteiger partial charge on any atom is 0.250 e. The molecule has 0 unspecified atom stereocenters. The van der Waals surface area contributed by atoms with Crippen LogP contribution in [0.5, 0.6) is 11.5 Å². The summed E-state index contributed by atoms with van der Waals surface area (Å²) in [6.45, 7) is 0.0103. The van der Waals surface area contributed by atoms with Gasteiger partial charge in [0.25, 0.3) is 0 Å². The zero-order valence-electron chi connectivity index (χ0n) is 18.9. The summed E-state index contributed by atoms with van der Waals surface area (Å²) in [6, 6.07) is 18.0. The van der Waals surface area contributed by atoms with E-state index in [1.807, 2.05) is 0 Å². The number of phenols is 2. The summed E-state index contributed by atoms with van der Waals surface area (Å²) in [5.41, 5.74) is 1.10. The molecule has 0 radical (unpaired) electrons. The summed E-state index contributed by atoms with van der Waals surface area (Å²) in [7, 11) is 0. The largest absolute Gasteiger partial charge is 0.504 e. The van der Waals surface area contributed by atoms with E-state index in [-0.39, 0.29) is 36.3 Å². The number of carbonyl (C=O) groups is 3. The molecule has 4 atom stereocenters. The Hall–Kier alpha value is -3.88. The van der Waals surface area contributed by atoms with Crippen LogP contribution in [0.25, 0.3) is 0 Å². The second-order valence-corrected chi connectivity index (χ2v) is 9.85. The molecular formula is C27H22ClN3O5. The Labute approximate surface area is 211 Å². The predicted molar refractivity (Wildman–Crippen MR) is 131 cm³/mol. The van der Waals surface area contributed by atoms with E-state index in [0.717, 1.165) is 0 Å². The molecule has 0 aromatic heterocycles. The van der Waals surface area contributed by atoms with E-state index in [1.165, 1.54) is 17.0 Å². The van der Waals surface area contributed by atoms with E-state index in [9.17, 15) is 24.6 Å². The number of likely N-dealkylation sites (tertiary alicyclic amines) is 1. The average Bonchev–Trinajstić information content (AvgIpc) is 3.43. The Kier molecular flexibility index (Phi) is 5.07. The number of phenolic OH excluding ortho intramolecular Hbond substituents is 2. The quantitative estimate of drug-likeness (QED) is 0.321. The first kappa shape index (κ1) is 22.6. The van der Waals surface area contributed by atoms with Crippen molar-refractivity contribution in [1.29, 1.82) is 0 Å². The van der Waals surface area contributed by atoms with Gasteiger partial charge in [-0.3, -0.25) is 24.6 Å². The number of nitrogens with one attached hydrogen (secondary N) is 2. The molecule has 0 bridgehead atoms. The van der Waals surface area contributed by atoms with Crippen LogP contribution in [0.1, 0.15) is 16.7 Å².